The summed E-state index contributed by atoms with van der Waals surface area (Å²) < 4.78 is 29.9. The molecule has 2 nitrogen and oxygen atoms in total. The first-order valence-corrected chi connectivity index (χ1v) is 11.6. The average Bonchev–Trinajstić information content (AvgIpc) is 2.84. The van der Waals surface area contributed by atoms with E-state index in [2.05, 4.69) is 0 Å². The van der Waals surface area contributed by atoms with Gasteiger partial charge in [0.2, 0.25) is 0 Å². The fourth-order valence-electron chi connectivity index (χ4n) is 3.59. The Hall–Kier alpha value is -3.00. The summed E-state index contributed by atoms with van der Waals surface area (Å²) in [5.74, 6) is -1.97. The van der Waals surface area contributed by atoms with Crippen LogP contribution in [0, 0.1) is 0 Å². The van der Waals surface area contributed by atoms with E-state index in [0.29, 0.717) is 16.2 Å². The number of alkyl halides is 1. The molecule has 0 unspecified atom stereocenters. The Morgan fingerprint density at radius 3 is 1.47 bits per heavy atom. The largest absolute Gasteiger partial charge is 0.385 e. The van der Waals surface area contributed by atoms with Crippen molar-refractivity contribution in [3.8, 4) is 11.1 Å². The van der Waals surface area contributed by atoms with Gasteiger partial charge in [-0.15, -0.1) is 0 Å². The van der Waals surface area contributed by atoms with Crippen LogP contribution in [0.4, 0.5) is 4.39 Å². The standard InChI is InChI=1S/C26H22FO2P/c27-26(25(28)22-18-16-21(17-19-22)20-10-4-1-5-11-20)30(29,23-12-6-2-7-13-23)24-14-8-3-9-15-24/h1-19,25-26,28H/t25-,26+/m0/s1. The summed E-state index contributed by atoms with van der Waals surface area (Å²) in [5.41, 5.74) is 2.40. The van der Waals surface area contributed by atoms with Crippen LogP contribution < -0.4 is 10.6 Å². The van der Waals surface area contributed by atoms with E-state index in [9.17, 15) is 9.67 Å². The third-order valence-corrected chi connectivity index (χ3v) is 8.35. The molecule has 4 aromatic rings. The summed E-state index contributed by atoms with van der Waals surface area (Å²) in [5, 5.41) is 11.6. The molecule has 0 radical (unpaired) electrons. The van der Waals surface area contributed by atoms with E-state index >= 15 is 4.39 Å². The zero-order chi connectivity index (χ0) is 21.0. The molecule has 0 saturated heterocycles. The van der Waals surface area contributed by atoms with Gasteiger partial charge in [-0.3, -0.25) is 0 Å². The molecule has 150 valence electrons. The van der Waals surface area contributed by atoms with Crippen molar-refractivity contribution >= 4 is 17.8 Å². The van der Waals surface area contributed by atoms with E-state index in [1.165, 1.54) is 0 Å². The van der Waals surface area contributed by atoms with Crippen LogP contribution in [-0.4, -0.2) is 11.0 Å². The normalized spacial score (nSPS) is 13.5. The van der Waals surface area contributed by atoms with E-state index in [0.717, 1.165) is 11.1 Å². The summed E-state index contributed by atoms with van der Waals surface area (Å²) in [6.07, 6.45) is -1.51. The first kappa shape index (κ1) is 20.3. The molecular formula is C26H22FO2P. The van der Waals surface area contributed by atoms with Crippen LogP contribution in [0.1, 0.15) is 11.7 Å². The van der Waals surface area contributed by atoms with E-state index in [1.807, 2.05) is 42.5 Å². The second-order valence-corrected chi connectivity index (χ2v) is 9.98. The number of aliphatic hydroxyl groups excluding tert-OH is 1. The van der Waals surface area contributed by atoms with Gasteiger partial charge >= 0.3 is 0 Å². The molecule has 0 saturated carbocycles. The minimum atomic E-state index is -3.72. The Labute approximate surface area is 176 Å². The molecule has 30 heavy (non-hydrogen) atoms. The third-order valence-electron chi connectivity index (χ3n) is 5.25. The van der Waals surface area contributed by atoms with Crippen LogP contribution in [0.2, 0.25) is 0 Å². The molecule has 0 aliphatic heterocycles. The van der Waals surface area contributed by atoms with Crippen molar-refractivity contribution < 1.29 is 14.1 Å². The second-order valence-electron chi connectivity index (χ2n) is 7.13. The van der Waals surface area contributed by atoms with Gasteiger partial charge in [-0.05, 0) is 16.7 Å². The first-order valence-electron chi connectivity index (χ1n) is 9.79. The van der Waals surface area contributed by atoms with Gasteiger partial charge in [-0.25, -0.2) is 4.39 Å². The van der Waals surface area contributed by atoms with Crippen LogP contribution in [0.5, 0.6) is 0 Å². The SMILES string of the molecule is O=P(c1ccccc1)(c1ccccc1)[C@@H](F)[C@@H](O)c1ccc(-c2ccccc2)cc1. The number of hydrogen-bond donors (Lipinski definition) is 1. The molecule has 0 heterocycles. The van der Waals surface area contributed by atoms with Crippen LogP contribution in [-0.2, 0) is 4.57 Å². The Morgan fingerprint density at radius 1 is 0.600 bits per heavy atom. The van der Waals surface area contributed by atoms with E-state index in [-0.39, 0.29) is 0 Å². The van der Waals surface area contributed by atoms with Crippen LogP contribution in [0.25, 0.3) is 11.1 Å². The molecule has 0 aromatic heterocycles. The summed E-state index contributed by atoms with van der Waals surface area (Å²) in [6.45, 7) is 0. The average molecular weight is 416 g/mol. The fraction of sp³-hybridized carbons (Fsp3) is 0.0769. The number of rotatable bonds is 6. The quantitative estimate of drug-likeness (QED) is 0.410. The molecule has 0 fully saturated rings. The molecule has 0 amide bonds. The Bertz CT molecular complexity index is 1090. The molecule has 4 aromatic carbocycles. The first-order chi connectivity index (χ1) is 14.6. The van der Waals surface area contributed by atoms with Crippen molar-refractivity contribution in [3.63, 3.8) is 0 Å². The predicted octanol–water partition coefficient (Wildman–Crippen LogP) is 5.70. The van der Waals surface area contributed by atoms with Crippen LogP contribution in [0.15, 0.2) is 115 Å². The second kappa shape index (κ2) is 8.79. The van der Waals surface area contributed by atoms with Gasteiger partial charge in [0, 0.05) is 10.6 Å². The Morgan fingerprint density at radius 2 is 1.00 bits per heavy atom. The molecule has 0 aliphatic rings. The number of halogens is 1. The lowest BCUT2D eigenvalue weighted by Crippen LogP contribution is -2.27. The number of hydrogen-bond acceptors (Lipinski definition) is 2. The van der Waals surface area contributed by atoms with Crippen molar-refractivity contribution in [1.82, 2.24) is 0 Å². The lowest BCUT2D eigenvalue weighted by molar-refractivity contribution is 0.119. The maximum Gasteiger partial charge on any atom is 0.190 e. The van der Waals surface area contributed by atoms with Crippen molar-refractivity contribution in [2.45, 2.75) is 12.0 Å². The molecule has 4 heteroatoms. The highest BCUT2D eigenvalue weighted by molar-refractivity contribution is 7.79. The molecular weight excluding hydrogens is 394 g/mol. The van der Waals surface area contributed by atoms with Gasteiger partial charge in [0.25, 0.3) is 0 Å². The highest BCUT2D eigenvalue weighted by Gasteiger charge is 2.42. The fourth-order valence-corrected chi connectivity index (χ4v) is 6.26. The smallest absolute Gasteiger partial charge is 0.190 e. The van der Waals surface area contributed by atoms with Gasteiger partial charge < -0.3 is 9.67 Å². The zero-order valence-electron chi connectivity index (χ0n) is 16.3. The molecule has 0 aliphatic carbocycles. The van der Waals surface area contributed by atoms with Crippen molar-refractivity contribution in [3.05, 3.63) is 121 Å². The maximum atomic E-state index is 15.8. The van der Waals surface area contributed by atoms with Gasteiger partial charge in [0.15, 0.2) is 13.1 Å². The van der Waals surface area contributed by atoms with Gasteiger partial charge in [0.1, 0.15) is 6.10 Å². The Kier molecular flexibility index (Phi) is 5.94. The van der Waals surface area contributed by atoms with Gasteiger partial charge in [-0.1, -0.05) is 115 Å². The van der Waals surface area contributed by atoms with Crippen molar-refractivity contribution in [2.24, 2.45) is 0 Å². The monoisotopic (exact) mass is 416 g/mol. The topological polar surface area (TPSA) is 37.3 Å². The molecule has 2 atom stereocenters. The van der Waals surface area contributed by atoms with Crippen LogP contribution in [0.3, 0.4) is 0 Å². The van der Waals surface area contributed by atoms with E-state index in [1.54, 1.807) is 72.8 Å². The lowest BCUT2D eigenvalue weighted by Gasteiger charge is -2.27. The highest BCUT2D eigenvalue weighted by atomic mass is 31.2. The summed E-state index contributed by atoms with van der Waals surface area (Å²) in [7, 11) is -3.72. The molecule has 0 spiro atoms. The summed E-state index contributed by atoms with van der Waals surface area (Å²) in [4.78, 5) is 0. The lowest BCUT2D eigenvalue weighted by atomic mass is 10.0. The summed E-state index contributed by atoms with van der Waals surface area (Å²) in [6, 6.07) is 34.1. The minimum Gasteiger partial charge on any atom is -0.385 e. The minimum absolute atomic E-state index is 0.392. The molecule has 4 rings (SSSR count). The van der Waals surface area contributed by atoms with E-state index in [4.69, 9.17) is 0 Å². The third kappa shape index (κ3) is 3.87. The van der Waals surface area contributed by atoms with Gasteiger partial charge in [-0.2, -0.15) is 0 Å². The predicted molar refractivity (Wildman–Crippen MR) is 121 cm³/mol. The van der Waals surface area contributed by atoms with Gasteiger partial charge in [0.05, 0.1) is 0 Å². The van der Waals surface area contributed by atoms with Crippen molar-refractivity contribution in [1.29, 1.82) is 0 Å². The zero-order valence-corrected chi connectivity index (χ0v) is 17.2. The Balaban J connectivity index is 1.70. The molecule has 0 bridgehead atoms. The number of aliphatic hydroxyl groups is 1. The highest BCUT2D eigenvalue weighted by Crippen LogP contribution is 2.53. The number of benzene rings is 4. The van der Waals surface area contributed by atoms with Crippen LogP contribution >= 0.6 is 7.14 Å². The molecule has 1 N–H and O–H groups in total. The summed E-state index contributed by atoms with van der Waals surface area (Å²) >= 11 is 0. The van der Waals surface area contributed by atoms with Crippen molar-refractivity contribution in [2.75, 3.05) is 0 Å². The van der Waals surface area contributed by atoms with E-state index < -0.39 is 19.2 Å². The maximum absolute atomic E-state index is 15.8.